The molecule has 1 aliphatic heterocycles. The first-order chi connectivity index (χ1) is 13.4. The van der Waals surface area contributed by atoms with Gasteiger partial charge >= 0.3 is 11.9 Å². The second kappa shape index (κ2) is 7.97. The van der Waals surface area contributed by atoms with Gasteiger partial charge in [-0.25, -0.2) is 9.59 Å². The summed E-state index contributed by atoms with van der Waals surface area (Å²) in [5, 5.41) is 0. The van der Waals surface area contributed by atoms with Crippen molar-refractivity contribution in [3.05, 3.63) is 23.3 Å². The van der Waals surface area contributed by atoms with E-state index in [1.165, 1.54) is 14.2 Å². The Morgan fingerprint density at radius 1 is 0.929 bits per heavy atom. The minimum absolute atomic E-state index is 0.109. The van der Waals surface area contributed by atoms with Crippen LogP contribution in [0.25, 0.3) is 0 Å². The maximum absolute atomic E-state index is 12.1. The Morgan fingerprint density at radius 3 is 1.89 bits per heavy atom. The molecule has 8 heteroatoms. The van der Waals surface area contributed by atoms with Gasteiger partial charge < -0.3 is 28.4 Å². The standard InChI is InChI=1S/C20H26O8/c1-20(27-16(18(21)25-4)17(28-20)19(22)26-5)11-6-7-12-13(10-11)15(24-3)9-8-14(12)23-2/h8-9,11,16-17H,6-7,10H2,1-5H3/t11?,16-,17-/m1/s1. The fraction of sp³-hybridized carbons (Fsp3) is 0.600. The lowest BCUT2D eigenvalue weighted by molar-refractivity contribution is -0.207. The van der Waals surface area contributed by atoms with Crippen LogP contribution in [0, 0.1) is 5.92 Å². The number of rotatable bonds is 5. The highest BCUT2D eigenvalue weighted by atomic mass is 16.8. The largest absolute Gasteiger partial charge is 0.496 e. The van der Waals surface area contributed by atoms with Gasteiger partial charge in [-0.05, 0) is 38.3 Å². The molecule has 1 saturated heterocycles. The van der Waals surface area contributed by atoms with Gasteiger partial charge in [-0.1, -0.05) is 0 Å². The number of esters is 2. The van der Waals surface area contributed by atoms with Crippen molar-refractivity contribution in [3.8, 4) is 11.5 Å². The molecule has 3 atom stereocenters. The van der Waals surface area contributed by atoms with E-state index in [4.69, 9.17) is 28.4 Å². The van der Waals surface area contributed by atoms with Crippen LogP contribution in [0.2, 0.25) is 0 Å². The molecule has 8 nitrogen and oxygen atoms in total. The molecular formula is C20H26O8. The smallest absolute Gasteiger partial charge is 0.338 e. The van der Waals surface area contributed by atoms with Crippen LogP contribution in [-0.2, 0) is 41.4 Å². The van der Waals surface area contributed by atoms with Crippen LogP contribution in [0.1, 0.15) is 24.5 Å². The number of methoxy groups -OCH3 is 4. The van der Waals surface area contributed by atoms with E-state index in [0.29, 0.717) is 6.42 Å². The maximum Gasteiger partial charge on any atom is 0.338 e. The summed E-state index contributed by atoms with van der Waals surface area (Å²) in [6.07, 6.45) is -0.288. The Kier molecular flexibility index (Phi) is 5.81. The van der Waals surface area contributed by atoms with Crippen molar-refractivity contribution in [1.29, 1.82) is 0 Å². The van der Waals surface area contributed by atoms with Crippen molar-refractivity contribution in [1.82, 2.24) is 0 Å². The van der Waals surface area contributed by atoms with Crippen molar-refractivity contribution in [2.24, 2.45) is 5.92 Å². The molecule has 1 unspecified atom stereocenters. The minimum atomic E-state index is -1.17. The predicted molar refractivity (Wildman–Crippen MR) is 97.2 cm³/mol. The molecular weight excluding hydrogens is 368 g/mol. The van der Waals surface area contributed by atoms with Crippen LogP contribution in [0.15, 0.2) is 12.1 Å². The first-order valence-corrected chi connectivity index (χ1v) is 9.12. The lowest BCUT2D eigenvalue weighted by Crippen LogP contribution is -2.41. The van der Waals surface area contributed by atoms with Gasteiger partial charge in [0.05, 0.1) is 28.4 Å². The van der Waals surface area contributed by atoms with Gasteiger partial charge in [-0.3, -0.25) is 0 Å². The zero-order chi connectivity index (χ0) is 20.5. The monoisotopic (exact) mass is 394 g/mol. The molecule has 1 aromatic carbocycles. The molecule has 0 aromatic heterocycles. The van der Waals surface area contributed by atoms with E-state index in [0.717, 1.165) is 35.5 Å². The molecule has 0 bridgehead atoms. The molecule has 3 rings (SSSR count). The molecule has 1 fully saturated rings. The highest BCUT2D eigenvalue weighted by Crippen LogP contribution is 2.45. The quantitative estimate of drug-likeness (QED) is 0.697. The average molecular weight is 394 g/mol. The Morgan fingerprint density at radius 2 is 1.43 bits per heavy atom. The number of ether oxygens (including phenoxy) is 6. The number of carbonyl (C=O) groups is 2. The molecule has 2 aliphatic rings. The van der Waals surface area contributed by atoms with Crippen LogP contribution in [0.3, 0.4) is 0 Å². The summed E-state index contributed by atoms with van der Waals surface area (Å²) in [4.78, 5) is 24.3. The van der Waals surface area contributed by atoms with Crippen molar-refractivity contribution in [2.75, 3.05) is 28.4 Å². The summed E-state index contributed by atoms with van der Waals surface area (Å²) in [6, 6.07) is 3.76. The molecule has 154 valence electrons. The van der Waals surface area contributed by atoms with Gasteiger partial charge in [0.1, 0.15) is 11.5 Å². The number of hydrogen-bond donors (Lipinski definition) is 0. The molecule has 1 aromatic rings. The highest BCUT2D eigenvalue weighted by Gasteiger charge is 2.56. The predicted octanol–water partition coefficient (Wildman–Crippen LogP) is 1.65. The van der Waals surface area contributed by atoms with Crippen LogP contribution in [0.5, 0.6) is 11.5 Å². The summed E-state index contributed by atoms with van der Waals surface area (Å²) < 4.78 is 32.5. The third kappa shape index (κ3) is 3.42. The van der Waals surface area contributed by atoms with E-state index in [-0.39, 0.29) is 5.92 Å². The molecule has 0 amide bonds. The number of carbonyl (C=O) groups excluding carboxylic acids is 2. The van der Waals surface area contributed by atoms with Crippen molar-refractivity contribution < 1.29 is 38.0 Å². The summed E-state index contributed by atoms with van der Waals surface area (Å²) in [5.74, 6) is -1.03. The van der Waals surface area contributed by atoms with Gasteiger partial charge in [-0.15, -0.1) is 0 Å². The second-order valence-corrected chi connectivity index (χ2v) is 7.01. The average Bonchev–Trinajstić information content (AvgIpc) is 3.10. The molecule has 0 saturated carbocycles. The van der Waals surface area contributed by atoms with E-state index >= 15 is 0 Å². The third-order valence-corrected chi connectivity index (χ3v) is 5.58. The summed E-state index contributed by atoms with van der Waals surface area (Å²) in [5.41, 5.74) is 2.11. The topological polar surface area (TPSA) is 89.5 Å². The Hall–Kier alpha value is -2.32. The van der Waals surface area contributed by atoms with Crippen molar-refractivity contribution >= 4 is 11.9 Å². The van der Waals surface area contributed by atoms with E-state index < -0.39 is 29.9 Å². The zero-order valence-corrected chi connectivity index (χ0v) is 16.8. The van der Waals surface area contributed by atoms with E-state index in [9.17, 15) is 9.59 Å². The fourth-order valence-electron chi connectivity index (χ4n) is 4.07. The van der Waals surface area contributed by atoms with Gasteiger partial charge in [0, 0.05) is 17.0 Å². The molecule has 0 N–H and O–H groups in total. The summed E-state index contributed by atoms with van der Waals surface area (Å²) in [6.45, 7) is 1.74. The first-order valence-electron chi connectivity index (χ1n) is 9.12. The molecule has 0 spiro atoms. The molecule has 0 radical (unpaired) electrons. The normalized spacial score (nSPS) is 25.5. The van der Waals surface area contributed by atoms with Crippen LogP contribution >= 0.6 is 0 Å². The van der Waals surface area contributed by atoms with Crippen LogP contribution < -0.4 is 9.47 Å². The lowest BCUT2D eigenvalue weighted by Gasteiger charge is -2.36. The molecule has 1 heterocycles. The Labute approximate surface area is 164 Å². The molecule has 1 aliphatic carbocycles. The molecule has 28 heavy (non-hydrogen) atoms. The summed E-state index contributed by atoms with van der Waals surface area (Å²) >= 11 is 0. The van der Waals surface area contributed by atoms with Crippen LogP contribution in [0.4, 0.5) is 0 Å². The summed E-state index contributed by atoms with van der Waals surface area (Å²) in [7, 11) is 5.74. The van der Waals surface area contributed by atoms with Gasteiger partial charge in [-0.2, -0.15) is 0 Å². The maximum atomic E-state index is 12.1. The number of fused-ring (bicyclic) bond motifs is 1. The van der Waals surface area contributed by atoms with Gasteiger partial charge in [0.15, 0.2) is 18.0 Å². The number of benzene rings is 1. The minimum Gasteiger partial charge on any atom is -0.496 e. The van der Waals surface area contributed by atoms with E-state index in [1.807, 2.05) is 12.1 Å². The van der Waals surface area contributed by atoms with Crippen LogP contribution in [-0.4, -0.2) is 58.4 Å². The highest BCUT2D eigenvalue weighted by molar-refractivity contribution is 5.86. The lowest BCUT2D eigenvalue weighted by atomic mass is 9.79. The van der Waals surface area contributed by atoms with E-state index in [1.54, 1.807) is 21.1 Å². The van der Waals surface area contributed by atoms with Gasteiger partial charge in [0.25, 0.3) is 0 Å². The SMILES string of the molecule is COC(=O)[C@@H]1OC(C)(C2CCc3c(OC)ccc(OC)c3C2)O[C@H]1C(=O)OC. The van der Waals surface area contributed by atoms with E-state index in [2.05, 4.69) is 0 Å². The first kappa shape index (κ1) is 20.4. The Balaban J connectivity index is 1.90. The zero-order valence-electron chi connectivity index (χ0n) is 16.8. The Bertz CT molecular complexity index is 735. The fourth-order valence-corrected chi connectivity index (χ4v) is 4.07. The third-order valence-electron chi connectivity index (χ3n) is 5.58. The van der Waals surface area contributed by atoms with Crippen molar-refractivity contribution in [2.45, 2.75) is 44.2 Å². The van der Waals surface area contributed by atoms with Crippen molar-refractivity contribution in [3.63, 3.8) is 0 Å². The number of hydrogen-bond acceptors (Lipinski definition) is 8. The second-order valence-electron chi connectivity index (χ2n) is 7.01. The van der Waals surface area contributed by atoms with Gasteiger partial charge in [0.2, 0.25) is 0 Å².